The fourth-order valence-corrected chi connectivity index (χ4v) is 5.49. The molecule has 2 aromatic carbocycles. The molecule has 3 heterocycles. The maximum absolute atomic E-state index is 6.28. The van der Waals surface area contributed by atoms with E-state index < -0.39 is 0 Å². The van der Waals surface area contributed by atoms with Gasteiger partial charge in [0.25, 0.3) is 0 Å². The first-order chi connectivity index (χ1) is 13.8. The molecule has 0 aliphatic carbocycles. The Balaban J connectivity index is 1.44. The molecule has 2 aromatic heterocycles. The third-order valence-corrected chi connectivity index (χ3v) is 6.82. The van der Waals surface area contributed by atoms with Crippen LogP contribution < -0.4 is 4.74 Å². The molecule has 0 saturated carbocycles. The van der Waals surface area contributed by atoms with Gasteiger partial charge in [0, 0.05) is 32.3 Å². The van der Waals surface area contributed by atoms with E-state index in [1.54, 1.807) is 29.4 Å². The number of hydrogen-bond acceptors (Lipinski definition) is 6. The van der Waals surface area contributed by atoms with Gasteiger partial charge in [-0.05, 0) is 23.6 Å². The molecule has 140 valence electrons. The Labute approximate surface area is 179 Å². The summed E-state index contributed by atoms with van der Waals surface area (Å²) in [7, 11) is 0. The van der Waals surface area contributed by atoms with Crippen LogP contribution in [0.15, 0.2) is 69.7 Å². The lowest BCUT2D eigenvalue weighted by Crippen LogP contribution is -2.19. The Bertz CT molecular complexity index is 1130. The predicted molar refractivity (Wildman–Crippen MR) is 116 cm³/mol. The molecule has 1 aliphatic rings. The van der Waals surface area contributed by atoms with Gasteiger partial charge in [-0.25, -0.2) is 9.97 Å². The third-order valence-electron chi connectivity index (χ3n) is 4.48. The standard InChI is InChI=1S/C21H15BrN2O2S2/c22-16-8-14-10-25-21(13-4-2-1-3-5-13)26-18(14)15(9-16)11-28-20-17-6-7-27-19(17)23-12-24-20/h1-9,12,21H,10-11H2. The monoisotopic (exact) mass is 470 g/mol. The molecule has 0 bridgehead atoms. The lowest BCUT2D eigenvalue weighted by Gasteiger charge is -2.28. The summed E-state index contributed by atoms with van der Waals surface area (Å²) in [5, 5.41) is 4.15. The minimum Gasteiger partial charge on any atom is -0.460 e. The minimum absolute atomic E-state index is 0.388. The first-order valence-electron chi connectivity index (χ1n) is 8.73. The molecule has 0 saturated heterocycles. The highest BCUT2D eigenvalue weighted by molar-refractivity contribution is 9.10. The molecule has 1 aliphatic heterocycles. The smallest absolute Gasteiger partial charge is 0.227 e. The van der Waals surface area contributed by atoms with Crippen molar-refractivity contribution in [2.24, 2.45) is 0 Å². The summed E-state index contributed by atoms with van der Waals surface area (Å²) in [6.07, 6.45) is 1.24. The molecule has 5 rings (SSSR count). The molecule has 0 N–H and O–H groups in total. The molecule has 1 unspecified atom stereocenters. The normalized spacial score (nSPS) is 16.0. The lowest BCUT2D eigenvalue weighted by atomic mass is 10.1. The first-order valence-corrected chi connectivity index (χ1v) is 11.4. The number of thiophene rings is 1. The maximum atomic E-state index is 6.28. The number of nitrogens with zero attached hydrogens (tertiary/aromatic N) is 2. The van der Waals surface area contributed by atoms with Gasteiger partial charge < -0.3 is 9.47 Å². The highest BCUT2D eigenvalue weighted by Crippen LogP contribution is 2.40. The molecule has 28 heavy (non-hydrogen) atoms. The van der Waals surface area contributed by atoms with Crippen LogP contribution in [0.25, 0.3) is 10.2 Å². The van der Waals surface area contributed by atoms with Gasteiger partial charge in [-0.15, -0.1) is 23.1 Å². The van der Waals surface area contributed by atoms with Crippen LogP contribution in [0.4, 0.5) is 0 Å². The molecule has 0 spiro atoms. The van der Waals surface area contributed by atoms with Gasteiger partial charge in [-0.3, -0.25) is 0 Å². The second kappa shape index (κ2) is 7.83. The summed E-state index contributed by atoms with van der Waals surface area (Å²) in [6.45, 7) is 0.522. The van der Waals surface area contributed by atoms with Crippen LogP contribution >= 0.6 is 39.0 Å². The summed E-state index contributed by atoms with van der Waals surface area (Å²) >= 11 is 6.95. The Morgan fingerprint density at radius 1 is 1.14 bits per heavy atom. The van der Waals surface area contributed by atoms with E-state index in [0.29, 0.717) is 6.61 Å². The average Bonchev–Trinajstić information content (AvgIpc) is 3.22. The third kappa shape index (κ3) is 3.55. The van der Waals surface area contributed by atoms with Crippen molar-refractivity contribution in [3.63, 3.8) is 0 Å². The predicted octanol–water partition coefficient (Wildman–Crippen LogP) is 6.35. The van der Waals surface area contributed by atoms with Gasteiger partial charge in [0.15, 0.2) is 0 Å². The molecule has 4 aromatic rings. The van der Waals surface area contributed by atoms with Crippen molar-refractivity contribution in [3.05, 3.63) is 81.4 Å². The van der Waals surface area contributed by atoms with Crippen molar-refractivity contribution < 1.29 is 9.47 Å². The quantitative estimate of drug-likeness (QED) is 0.256. The van der Waals surface area contributed by atoms with Crippen molar-refractivity contribution in [2.45, 2.75) is 23.7 Å². The Morgan fingerprint density at radius 2 is 2.04 bits per heavy atom. The first kappa shape index (κ1) is 18.1. The number of benzene rings is 2. The zero-order valence-corrected chi connectivity index (χ0v) is 17.9. The van der Waals surface area contributed by atoms with Gasteiger partial charge in [-0.2, -0.15) is 0 Å². The molecule has 1 atom stereocenters. The summed E-state index contributed by atoms with van der Waals surface area (Å²) in [6, 6.07) is 16.3. The zero-order valence-electron chi connectivity index (χ0n) is 14.7. The van der Waals surface area contributed by atoms with E-state index in [1.165, 1.54) is 0 Å². The fourth-order valence-electron chi connectivity index (χ4n) is 3.19. The van der Waals surface area contributed by atoms with E-state index in [4.69, 9.17) is 9.47 Å². The second-order valence-electron chi connectivity index (χ2n) is 6.33. The number of halogens is 1. The minimum atomic E-state index is -0.388. The SMILES string of the molecule is Brc1cc2c(c(CSc3ncnc4sccc34)c1)OC(c1ccccc1)OC2. The summed E-state index contributed by atoms with van der Waals surface area (Å²) in [5.41, 5.74) is 3.20. The van der Waals surface area contributed by atoms with Gasteiger partial charge >= 0.3 is 0 Å². The summed E-state index contributed by atoms with van der Waals surface area (Å²) in [5.74, 6) is 1.66. The molecule has 0 amide bonds. The molecule has 4 nitrogen and oxygen atoms in total. The van der Waals surface area contributed by atoms with Crippen LogP contribution in [0.1, 0.15) is 23.0 Å². The Kier molecular flexibility index (Phi) is 5.07. The van der Waals surface area contributed by atoms with Crippen LogP contribution in [0.3, 0.4) is 0 Å². The van der Waals surface area contributed by atoms with E-state index in [0.717, 1.165) is 47.9 Å². The van der Waals surface area contributed by atoms with E-state index in [1.807, 2.05) is 30.3 Å². The number of rotatable bonds is 4. The van der Waals surface area contributed by atoms with Crippen molar-refractivity contribution >= 4 is 49.2 Å². The van der Waals surface area contributed by atoms with Crippen molar-refractivity contribution in [3.8, 4) is 5.75 Å². The zero-order chi connectivity index (χ0) is 18.9. The van der Waals surface area contributed by atoms with Crippen LogP contribution in [-0.2, 0) is 17.1 Å². The number of thioether (sulfide) groups is 1. The Hall–Kier alpha value is -1.93. The average molecular weight is 471 g/mol. The molecular formula is C21H15BrN2O2S2. The van der Waals surface area contributed by atoms with E-state index in [9.17, 15) is 0 Å². The van der Waals surface area contributed by atoms with Crippen LogP contribution in [0, 0.1) is 0 Å². The topological polar surface area (TPSA) is 44.2 Å². The second-order valence-corrected chi connectivity index (χ2v) is 9.11. The largest absolute Gasteiger partial charge is 0.460 e. The molecule has 7 heteroatoms. The number of fused-ring (bicyclic) bond motifs is 2. The van der Waals surface area contributed by atoms with Gasteiger partial charge in [0.05, 0.1) is 6.61 Å². The number of ether oxygens (including phenoxy) is 2. The van der Waals surface area contributed by atoms with E-state index in [-0.39, 0.29) is 6.29 Å². The summed E-state index contributed by atoms with van der Waals surface area (Å²) < 4.78 is 13.2. The number of aromatic nitrogens is 2. The molecular weight excluding hydrogens is 456 g/mol. The van der Waals surface area contributed by atoms with E-state index >= 15 is 0 Å². The molecule has 0 fully saturated rings. The number of hydrogen-bond donors (Lipinski definition) is 0. The van der Waals surface area contributed by atoms with Crippen molar-refractivity contribution in [1.82, 2.24) is 9.97 Å². The van der Waals surface area contributed by atoms with Crippen molar-refractivity contribution in [2.75, 3.05) is 0 Å². The molecule has 0 radical (unpaired) electrons. The van der Waals surface area contributed by atoms with Crippen LogP contribution in [-0.4, -0.2) is 9.97 Å². The van der Waals surface area contributed by atoms with E-state index in [2.05, 4.69) is 49.5 Å². The summed E-state index contributed by atoms with van der Waals surface area (Å²) in [4.78, 5) is 9.82. The maximum Gasteiger partial charge on any atom is 0.227 e. The highest BCUT2D eigenvalue weighted by Gasteiger charge is 2.25. The van der Waals surface area contributed by atoms with Crippen LogP contribution in [0.2, 0.25) is 0 Å². The Morgan fingerprint density at radius 3 is 2.93 bits per heavy atom. The van der Waals surface area contributed by atoms with Crippen LogP contribution in [0.5, 0.6) is 5.75 Å². The fraction of sp³-hybridized carbons (Fsp3) is 0.143. The lowest BCUT2D eigenvalue weighted by molar-refractivity contribution is -0.111. The van der Waals surface area contributed by atoms with Gasteiger partial charge in [0.2, 0.25) is 6.29 Å². The highest BCUT2D eigenvalue weighted by atomic mass is 79.9. The van der Waals surface area contributed by atoms with Gasteiger partial charge in [0.1, 0.15) is 21.9 Å². The van der Waals surface area contributed by atoms with Crippen molar-refractivity contribution in [1.29, 1.82) is 0 Å². The van der Waals surface area contributed by atoms with Gasteiger partial charge in [-0.1, -0.05) is 46.3 Å².